The number of anilines is 1. The van der Waals surface area contributed by atoms with E-state index in [9.17, 15) is 29.3 Å². The van der Waals surface area contributed by atoms with Crippen molar-refractivity contribution in [3.8, 4) is 11.5 Å². The lowest BCUT2D eigenvalue weighted by molar-refractivity contribution is -0.384. The number of carbonyl (C=O) groups is 4. The van der Waals surface area contributed by atoms with Crippen molar-refractivity contribution in [2.45, 2.75) is 0 Å². The second kappa shape index (κ2) is 11.4. The Bertz CT molecular complexity index is 1460. The second-order valence-corrected chi connectivity index (χ2v) is 8.78. The molecule has 1 aliphatic heterocycles. The number of non-ortho nitro benzene ring substituents is 1. The zero-order valence-corrected chi connectivity index (χ0v) is 20.6. The van der Waals surface area contributed by atoms with Crippen molar-refractivity contribution in [1.82, 2.24) is 4.90 Å². The molecule has 38 heavy (non-hydrogen) atoms. The summed E-state index contributed by atoms with van der Waals surface area (Å²) in [7, 11) is 1.36. The minimum atomic E-state index is -0.749. The van der Waals surface area contributed by atoms with Gasteiger partial charge in [-0.05, 0) is 59.8 Å². The van der Waals surface area contributed by atoms with Gasteiger partial charge in [0.05, 0.1) is 22.5 Å². The summed E-state index contributed by atoms with van der Waals surface area (Å²) in [5.41, 5.74) is 0.967. The lowest BCUT2D eigenvalue weighted by Crippen LogP contribution is -2.36. The van der Waals surface area contributed by atoms with Gasteiger partial charge in [-0.1, -0.05) is 24.3 Å². The first-order chi connectivity index (χ1) is 18.2. The standard InChI is InChI=1S/C26H19N3O8S/c1-36-21-13-16(7-12-20(21)37-25(32)17-8-10-19(11-9-17)29(34)35)14-22-24(31)28(26(33)38-22)15-23(30)27-18-5-3-2-4-6-18/h2-14H,15H2,1H3,(H,27,30)/b22-14-. The molecule has 0 saturated carbocycles. The number of nitro groups is 1. The Morgan fingerprint density at radius 2 is 1.74 bits per heavy atom. The normalized spacial score (nSPS) is 13.9. The second-order valence-electron chi connectivity index (χ2n) is 7.79. The Hall–Kier alpha value is -4.97. The number of carbonyl (C=O) groups excluding carboxylic acids is 4. The van der Waals surface area contributed by atoms with Gasteiger partial charge >= 0.3 is 5.97 Å². The molecule has 0 spiro atoms. The number of nitro benzene ring substituents is 1. The predicted molar refractivity (Wildman–Crippen MR) is 139 cm³/mol. The van der Waals surface area contributed by atoms with Crippen molar-refractivity contribution < 1.29 is 33.6 Å². The highest BCUT2D eigenvalue weighted by atomic mass is 32.2. The van der Waals surface area contributed by atoms with E-state index in [1.54, 1.807) is 36.4 Å². The number of amides is 3. The number of hydrogen-bond acceptors (Lipinski definition) is 9. The van der Waals surface area contributed by atoms with Gasteiger partial charge in [-0.25, -0.2) is 4.79 Å². The van der Waals surface area contributed by atoms with Crippen LogP contribution in [0.1, 0.15) is 15.9 Å². The molecule has 3 aromatic rings. The molecule has 1 fully saturated rings. The Morgan fingerprint density at radius 3 is 2.39 bits per heavy atom. The van der Waals surface area contributed by atoms with E-state index >= 15 is 0 Å². The fraction of sp³-hybridized carbons (Fsp3) is 0.0769. The Labute approximate surface area is 220 Å². The van der Waals surface area contributed by atoms with E-state index < -0.39 is 34.5 Å². The third-order valence-electron chi connectivity index (χ3n) is 5.23. The number of nitrogens with zero attached hydrogens (tertiary/aromatic N) is 2. The third-order valence-corrected chi connectivity index (χ3v) is 6.14. The van der Waals surface area contributed by atoms with Crippen molar-refractivity contribution in [2.75, 3.05) is 19.0 Å². The highest BCUT2D eigenvalue weighted by molar-refractivity contribution is 8.18. The van der Waals surface area contributed by atoms with Gasteiger partial charge in [-0.3, -0.25) is 29.4 Å². The number of nitrogens with one attached hydrogen (secondary N) is 1. The zero-order chi connectivity index (χ0) is 27.2. The third kappa shape index (κ3) is 6.05. The molecule has 3 amide bonds. The number of rotatable bonds is 8. The van der Waals surface area contributed by atoms with E-state index in [0.29, 0.717) is 23.0 Å². The maximum Gasteiger partial charge on any atom is 0.343 e. The van der Waals surface area contributed by atoms with Gasteiger partial charge < -0.3 is 14.8 Å². The molecular weight excluding hydrogens is 514 g/mol. The summed E-state index contributed by atoms with van der Waals surface area (Å²) in [5.74, 6) is -1.62. The molecule has 0 aliphatic carbocycles. The van der Waals surface area contributed by atoms with Crippen molar-refractivity contribution in [3.05, 3.63) is 98.9 Å². The van der Waals surface area contributed by atoms with Crippen LogP contribution in [0.25, 0.3) is 6.08 Å². The minimum Gasteiger partial charge on any atom is -0.493 e. The quantitative estimate of drug-likeness (QED) is 0.145. The van der Waals surface area contributed by atoms with Crippen LogP contribution in [-0.2, 0) is 9.59 Å². The van der Waals surface area contributed by atoms with Crippen LogP contribution in [0, 0.1) is 10.1 Å². The molecule has 0 unspecified atom stereocenters. The molecule has 0 bridgehead atoms. The number of esters is 1. The molecule has 0 aromatic heterocycles. The molecule has 11 nitrogen and oxygen atoms in total. The van der Waals surface area contributed by atoms with Gasteiger partial charge in [0, 0.05) is 17.8 Å². The van der Waals surface area contributed by atoms with Crippen LogP contribution < -0.4 is 14.8 Å². The van der Waals surface area contributed by atoms with E-state index in [1.165, 1.54) is 49.6 Å². The summed E-state index contributed by atoms with van der Waals surface area (Å²) in [6, 6.07) is 18.1. The summed E-state index contributed by atoms with van der Waals surface area (Å²) >= 11 is 0.698. The van der Waals surface area contributed by atoms with Crippen LogP contribution in [0.2, 0.25) is 0 Å². The monoisotopic (exact) mass is 533 g/mol. The minimum absolute atomic E-state index is 0.0821. The zero-order valence-electron chi connectivity index (χ0n) is 19.8. The van der Waals surface area contributed by atoms with E-state index in [-0.39, 0.29) is 27.7 Å². The number of para-hydroxylation sites is 1. The van der Waals surface area contributed by atoms with E-state index in [4.69, 9.17) is 9.47 Å². The van der Waals surface area contributed by atoms with Gasteiger partial charge in [0.2, 0.25) is 5.91 Å². The number of benzene rings is 3. The van der Waals surface area contributed by atoms with Crippen LogP contribution in [0.15, 0.2) is 77.7 Å². The maximum absolute atomic E-state index is 12.8. The average molecular weight is 534 g/mol. The lowest BCUT2D eigenvalue weighted by Gasteiger charge is -2.12. The lowest BCUT2D eigenvalue weighted by atomic mass is 10.1. The SMILES string of the molecule is COc1cc(/C=C2\SC(=O)N(CC(=O)Nc3ccccc3)C2=O)ccc1OC(=O)c1ccc([N+](=O)[O-])cc1. The first kappa shape index (κ1) is 26.1. The molecule has 1 saturated heterocycles. The summed E-state index contributed by atoms with van der Waals surface area (Å²) in [4.78, 5) is 61.1. The molecule has 3 aromatic carbocycles. The molecule has 4 rings (SSSR count). The smallest absolute Gasteiger partial charge is 0.343 e. The summed E-state index contributed by atoms with van der Waals surface area (Å²) in [6.07, 6.45) is 1.46. The van der Waals surface area contributed by atoms with Gasteiger partial charge in [-0.2, -0.15) is 0 Å². The number of hydrogen-bond donors (Lipinski definition) is 1. The fourth-order valence-corrected chi connectivity index (χ4v) is 4.23. The van der Waals surface area contributed by atoms with Crippen molar-refractivity contribution in [1.29, 1.82) is 0 Å². The van der Waals surface area contributed by atoms with Crippen LogP contribution in [0.5, 0.6) is 11.5 Å². The van der Waals surface area contributed by atoms with Gasteiger partial charge in [0.25, 0.3) is 16.8 Å². The fourth-order valence-electron chi connectivity index (χ4n) is 3.39. The molecule has 1 N–H and O–H groups in total. The van der Waals surface area contributed by atoms with Gasteiger partial charge in [0.1, 0.15) is 6.54 Å². The maximum atomic E-state index is 12.8. The molecule has 192 valence electrons. The molecule has 0 atom stereocenters. The summed E-state index contributed by atoms with van der Waals surface area (Å²) in [5, 5.41) is 12.8. The topological polar surface area (TPSA) is 145 Å². The van der Waals surface area contributed by atoms with Crippen LogP contribution in [0.3, 0.4) is 0 Å². The van der Waals surface area contributed by atoms with Crippen molar-refractivity contribution in [3.63, 3.8) is 0 Å². The first-order valence-electron chi connectivity index (χ1n) is 11.0. The summed E-state index contributed by atoms with van der Waals surface area (Å²) in [6.45, 7) is -0.433. The number of methoxy groups -OCH3 is 1. The Balaban J connectivity index is 1.45. The highest BCUT2D eigenvalue weighted by Gasteiger charge is 2.36. The van der Waals surface area contributed by atoms with Gasteiger partial charge in [-0.15, -0.1) is 0 Å². The van der Waals surface area contributed by atoms with Crippen LogP contribution in [-0.4, -0.2) is 46.5 Å². The molecule has 1 heterocycles. The van der Waals surface area contributed by atoms with E-state index in [0.717, 1.165) is 4.90 Å². The van der Waals surface area contributed by atoms with Crippen LogP contribution in [0.4, 0.5) is 16.2 Å². The predicted octanol–water partition coefficient (Wildman–Crippen LogP) is 4.50. The van der Waals surface area contributed by atoms with E-state index in [2.05, 4.69) is 5.32 Å². The Morgan fingerprint density at radius 1 is 1.03 bits per heavy atom. The van der Waals surface area contributed by atoms with Crippen molar-refractivity contribution >= 4 is 52.2 Å². The Kier molecular flexibility index (Phi) is 7.83. The van der Waals surface area contributed by atoms with Crippen molar-refractivity contribution in [2.24, 2.45) is 0 Å². The molecular formula is C26H19N3O8S. The number of ether oxygens (including phenoxy) is 2. The highest BCUT2D eigenvalue weighted by Crippen LogP contribution is 2.35. The molecule has 1 aliphatic rings. The number of thioether (sulfide) groups is 1. The molecule has 12 heteroatoms. The summed E-state index contributed by atoms with van der Waals surface area (Å²) < 4.78 is 10.7. The molecule has 0 radical (unpaired) electrons. The number of imide groups is 1. The van der Waals surface area contributed by atoms with E-state index in [1.807, 2.05) is 0 Å². The first-order valence-corrected chi connectivity index (χ1v) is 11.8. The average Bonchev–Trinajstić information content (AvgIpc) is 3.17. The van der Waals surface area contributed by atoms with Gasteiger partial charge in [0.15, 0.2) is 11.5 Å². The van der Waals surface area contributed by atoms with Crippen LogP contribution >= 0.6 is 11.8 Å². The largest absolute Gasteiger partial charge is 0.493 e.